The van der Waals surface area contributed by atoms with Crippen LogP contribution in [0.2, 0.25) is 0 Å². The van der Waals surface area contributed by atoms with Gasteiger partial charge in [0.1, 0.15) is 48.8 Å². The van der Waals surface area contributed by atoms with E-state index < -0.39 is 82.4 Å². The summed E-state index contributed by atoms with van der Waals surface area (Å²) in [6, 6.07) is 0. The van der Waals surface area contributed by atoms with E-state index in [9.17, 15) is 40.3 Å². The van der Waals surface area contributed by atoms with E-state index in [-0.39, 0.29) is 0 Å². The van der Waals surface area contributed by atoms with E-state index in [1.807, 2.05) is 0 Å². The number of aliphatic hydroxyl groups excluding tert-OH is 7. The van der Waals surface area contributed by atoms with Crippen molar-refractivity contribution in [1.82, 2.24) is 0 Å². The van der Waals surface area contributed by atoms with Crippen molar-refractivity contribution in [2.75, 3.05) is 13.2 Å². The molecule has 0 unspecified atom stereocenters. The molecule has 0 radical (unpaired) electrons. The zero-order chi connectivity index (χ0) is 20.5. The van der Waals surface area contributed by atoms with Gasteiger partial charge in [0.25, 0.3) is 0 Å². The first kappa shape index (κ1) is 23.0. The van der Waals surface area contributed by atoms with Gasteiger partial charge in [-0.05, 0) is 0 Å². The van der Waals surface area contributed by atoms with Crippen LogP contribution in [0.25, 0.3) is 0 Å². The van der Waals surface area contributed by atoms with E-state index in [0.717, 1.165) is 0 Å². The highest BCUT2D eigenvalue weighted by atomic mass is 31.2. The maximum atomic E-state index is 10.7. The van der Waals surface area contributed by atoms with Crippen molar-refractivity contribution in [1.29, 1.82) is 0 Å². The van der Waals surface area contributed by atoms with Crippen molar-refractivity contribution in [3.63, 3.8) is 0 Å². The van der Waals surface area contributed by atoms with Gasteiger partial charge >= 0.3 is 7.82 Å². The number of hydrogen-bond acceptors (Lipinski definition) is 12. The molecule has 27 heavy (non-hydrogen) atoms. The number of ether oxygens (including phenoxy) is 3. The molecule has 0 aliphatic carbocycles. The van der Waals surface area contributed by atoms with E-state index >= 15 is 0 Å². The molecule has 2 rings (SSSR count). The largest absolute Gasteiger partial charge is 0.469 e. The smallest absolute Gasteiger partial charge is 0.387 e. The lowest BCUT2D eigenvalue weighted by Gasteiger charge is -2.42. The summed E-state index contributed by atoms with van der Waals surface area (Å²) in [4.78, 5) is 17.4. The number of phosphoric acid groups is 1. The monoisotopic (exact) mass is 422 g/mol. The highest BCUT2D eigenvalue weighted by Crippen LogP contribution is 2.37. The number of rotatable bonds is 6. The van der Waals surface area contributed by atoms with Crippen LogP contribution in [0.4, 0.5) is 0 Å². The molecule has 0 aromatic heterocycles. The molecule has 2 heterocycles. The maximum Gasteiger partial charge on any atom is 0.469 e. The maximum absolute atomic E-state index is 10.7. The quantitative estimate of drug-likeness (QED) is 0.182. The third-order valence-electron chi connectivity index (χ3n) is 4.19. The van der Waals surface area contributed by atoms with Gasteiger partial charge in [-0.25, -0.2) is 4.57 Å². The van der Waals surface area contributed by atoms with E-state index in [1.54, 1.807) is 0 Å². The zero-order valence-corrected chi connectivity index (χ0v) is 14.6. The normalized spacial score (nSPS) is 46.4. The summed E-state index contributed by atoms with van der Waals surface area (Å²) in [6.07, 6.45) is -16.8. The zero-order valence-electron chi connectivity index (χ0n) is 13.7. The average Bonchev–Trinajstić information content (AvgIpc) is 2.59. The molecule has 2 fully saturated rings. The molecular weight excluding hydrogens is 399 g/mol. The van der Waals surface area contributed by atoms with Gasteiger partial charge in [0, 0.05) is 0 Å². The molecule has 0 spiro atoms. The molecule has 0 amide bonds. The fraction of sp³-hybridized carbons (Fsp3) is 1.00. The molecule has 10 atom stereocenters. The van der Waals surface area contributed by atoms with Gasteiger partial charge in [-0.3, -0.25) is 4.52 Å². The van der Waals surface area contributed by atoms with Crippen LogP contribution >= 0.6 is 7.82 Å². The first-order valence-electron chi connectivity index (χ1n) is 7.81. The van der Waals surface area contributed by atoms with E-state index in [0.29, 0.717) is 0 Å². The van der Waals surface area contributed by atoms with Crippen LogP contribution in [0.5, 0.6) is 0 Å². The Kier molecular flexibility index (Phi) is 7.68. The number of hydrogen-bond donors (Lipinski definition) is 9. The van der Waals surface area contributed by atoms with Crippen LogP contribution in [0.3, 0.4) is 0 Å². The lowest BCUT2D eigenvalue weighted by molar-refractivity contribution is -0.325. The summed E-state index contributed by atoms with van der Waals surface area (Å²) >= 11 is 0. The summed E-state index contributed by atoms with van der Waals surface area (Å²) in [5, 5.41) is 67.8. The van der Waals surface area contributed by atoms with Gasteiger partial charge in [0.05, 0.1) is 13.2 Å². The van der Waals surface area contributed by atoms with Gasteiger partial charge in [0.2, 0.25) is 0 Å². The molecule has 14 nitrogen and oxygen atoms in total. The molecule has 0 aromatic rings. The predicted octanol–water partition coefficient (Wildman–Crippen LogP) is -5.28. The summed E-state index contributed by atoms with van der Waals surface area (Å²) < 4.78 is 30.1. The third kappa shape index (κ3) is 5.62. The van der Waals surface area contributed by atoms with Gasteiger partial charge in [-0.2, -0.15) is 0 Å². The summed E-state index contributed by atoms with van der Waals surface area (Å²) in [6.45, 7) is -1.42. The first-order chi connectivity index (χ1) is 12.4. The highest BCUT2D eigenvalue weighted by molar-refractivity contribution is 7.46. The second-order valence-corrected chi connectivity index (χ2v) is 7.41. The summed E-state index contributed by atoms with van der Waals surface area (Å²) in [5.41, 5.74) is 0. The Hall–Kier alpha value is -0.290. The van der Waals surface area contributed by atoms with Gasteiger partial charge < -0.3 is 59.7 Å². The van der Waals surface area contributed by atoms with Crippen LogP contribution in [0.1, 0.15) is 0 Å². The van der Waals surface area contributed by atoms with Crippen LogP contribution in [-0.2, 0) is 23.3 Å². The Morgan fingerprint density at radius 3 is 1.78 bits per heavy atom. The van der Waals surface area contributed by atoms with Crippen molar-refractivity contribution in [2.45, 2.75) is 61.4 Å². The van der Waals surface area contributed by atoms with Crippen molar-refractivity contribution in [3.05, 3.63) is 0 Å². The predicted molar refractivity (Wildman–Crippen MR) is 79.5 cm³/mol. The lowest BCUT2D eigenvalue weighted by Crippen LogP contribution is -2.61. The second kappa shape index (κ2) is 9.02. The minimum absolute atomic E-state index is 0.585. The van der Waals surface area contributed by atoms with Crippen LogP contribution in [-0.4, -0.2) is 120 Å². The molecular formula is C12H23O14P. The van der Waals surface area contributed by atoms with Crippen LogP contribution in [0.15, 0.2) is 0 Å². The van der Waals surface area contributed by atoms with Gasteiger partial charge in [-0.15, -0.1) is 0 Å². The molecule has 0 aromatic carbocycles. The number of aliphatic hydroxyl groups is 7. The minimum Gasteiger partial charge on any atom is -0.387 e. The van der Waals surface area contributed by atoms with Crippen LogP contribution < -0.4 is 0 Å². The fourth-order valence-corrected chi connectivity index (χ4v) is 2.96. The molecule has 2 saturated heterocycles. The Bertz CT molecular complexity index is 528. The van der Waals surface area contributed by atoms with E-state index in [1.165, 1.54) is 0 Å². The molecule has 0 bridgehead atoms. The van der Waals surface area contributed by atoms with Crippen molar-refractivity contribution < 1.29 is 68.8 Å². The van der Waals surface area contributed by atoms with Crippen molar-refractivity contribution in [2.24, 2.45) is 0 Å². The molecule has 2 aliphatic heterocycles. The minimum atomic E-state index is -4.89. The third-order valence-corrected chi connectivity index (χ3v) is 4.67. The Labute approximate surface area is 152 Å². The second-order valence-electron chi connectivity index (χ2n) is 6.17. The Morgan fingerprint density at radius 2 is 1.22 bits per heavy atom. The average molecular weight is 422 g/mol. The van der Waals surface area contributed by atoms with E-state index in [2.05, 4.69) is 4.52 Å². The Balaban J connectivity index is 1.96. The van der Waals surface area contributed by atoms with Crippen molar-refractivity contribution in [3.8, 4) is 0 Å². The molecule has 2 aliphatic rings. The lowest BCUT2D eigenvalue weighted by atomic mass is 9.98. The van der Waals surface area contributed by atoms with Crippen molar-refractivity contribution >= 4 is 7.82 Å². The van der Waals surface area contributed by atoms with Gasteiger partial charge in [-0.1, -0.05) is 0 Å². The SMILES string of the molecule is O=P(O)(O)OC[C@H]1O[C@@H](OC[C@H]2O[C@@H](O)[C@H](O)[C@@H](O)[C@@H]2O)[C@H](O)[C@@H](O)[C@@H]1O. The Morgan fingerprint density at radius 1 is 0.704 bits per heavy atom. The summed E-state index contributed by atoms with van der Waals surface area (Å²) in [5.74, 6) is 0. The molecule has 9 N–H and O–H groups in total. The van der Waals surface area contributed by atoms with Gasteiger partial charge in [0.15, 0.2) is 12.6 Å². The standard InChI is InChI=1S/C12H23O14P/c13-5-3(25-11(19)9(17)7(5)15)1-23-12-10(18)8(16)6(14)4(26-12)2-24-27(20,21)22/h3-19H,1-2H2,(H2,20,21,22)/t3-,4-,5-,6-,7+,8+,9-,10-,11-,12-/m1/s1. The fourth-order valence-electron chi connectivity index (χ4n) is 2.62. The topological polar surface area (TPSA) is 236 Å². The van der Waals surface area contributed by atoms with Crippen LogP contribution in [0, 0.1) is 0 Å². The highest BCUT2D eigenvalue weighted by Gasteiger charge is 2.47. The molecule has 160 valence electrons. The number of phosphoric ester groups is 1. The first-order valence-corrected chi connectivity index (χ1v) is 9.34. The summed E-state index contributed by atoms with van der Waals surface area (Å²) in [7, 11) is -4.89. The van der Waals surface area contributed by atoms with E-state index in [4.69, 9.17) is 24.0 Å². The molecule has 0 saturated carbocycles. The molecule has 15 heteroatoms.